The first kappa shape index (κ1) is 17.7. The van der Waals surface area contributed by atoms with Gasteiger partial charge in [0.25, 0.3) is 0 Å². The molecule has 0 spiro atoms. The zero-order valence-corrected chi connectivity index (χ0v) is 16.0. The van der Waals surface area contributed by atoms with E-state index in [9.17, 15) is 0 Å². The molecule has 27 heavy (non-hydrogen) atoms. The van der Waals surface area contributed by atoms with E-state index in [0.29, 0.717) is 5.82 Å². The second kappa shape index (κ2) is 7.52. The van der Waals surface area contributed by atoms with Crippen LogP contribution < -0.4 is 0 Å². The van der Waals surface area contributed by atoms with Crippen LogP contribution in [0.2, 0.25) is 0 Å². The molecule has 7 nitrogen and oxygen atoms in total. The van der Waals surface area contributed by atoms with E-state index in [1.807, 2.05) is 27.0 Å². The van der Waals surface area contributed by atoms with E-state index in [2.05, 4.69) is 31.1 Å². The summed E-state index contributed by atoms with van der Waals surface area (Å²) in [6.07, 6.45) is 8.77. The minimum Gasteiger partial charge on any atom is -0.361 e. The third-order valence-electron chi connectivity index (χ3n) is 5.07. The second-order valence-electron chi connectivity index (χ2n) is 7.14. The molecule has 1 aliphatic heterocycles. The molecule has 4 rings (SSSR count). The molecular weight excluding hydrogens is 340 g/mol. The number of aryl methyl sites for hydroxylation is 3. The molecule has 3 aromatic rings. The maximum Gasteiger partial charge on any atom is 0.165 e. The predicted molar refractivity (Wildman–Crippen MR) is 101 cm³/mol. The Labute approximate surface area is 158 Å². The summed E-state index contributed by atoms with van der Waals surface area (Å²) < 4.78 is 5.32. The third kappa shape index (κ3) is 3.73. The number of likely N-dealkylation sites (tertiary alicyclic amines) is 1. The van der Waals surface area contributed by atoms with Crippen molar-refractivity contribution >= 4 is 0 Å². The van der Waals surface area contributed by atoms with Crippen LogP contribution in [0.5, 0.6) is 0 Å². The van der Waals surface area contributed by atoms with Crippen LogP contribution in [0.25, 0.3) is 11.4 Å². The maximum absolute atomic E-state index is 5.32. The number of nitrogens with zero attached hydrogens (tertiary/aromatic N) is 6. The second-order valence-corrected chi connectivity index (χ2v) is 7.14. The molecule has 0 unspecified atom stereocenters. The normalized spacial score (nSPS) is 18.0. The van der Waals surface area contributed by atoms with Crippen molar-refractivity contribution in [3.05, 3.63) is 53.2 Å². The Kier molecular flexibility index (Phi) is 4.94. The van der Waals surface area contributed by atoms with Gasteiger partial charge in [-0.1, -0.05) is 11.6 Å². The van der Waals surface area contributed by atoms with Crippen LogP contribution in [0.3, 0.4) is 0 Å². The lowest BCUT2D eigenvalue weighted by atomic mass is 9.98. The fraction of sp³-hybridized carbons (Fsp3) is 0.450. The molecule has 0 radical (unpaired) electrons. The molecule has 7 heteroatoms. The van der Waals surface area contributed by atoms with E-state index in [4.69, 9.17) is 9.51 Å². The van der Waals surface area contributed by atoms with Crippen molar-refractivity contribution in [3.8, 4) is 11.4 Å². The highest BCUT2D eigenvalue weighted by Gasteiger charge is 2.27. The van der Waals surface area contributed by atoms with Gasteiger partial charge in [0, 0.05) is 30.8 Å². The molecular formula is C20H24N6O. The van der Waals surface area contributed by atoms with E-state index in [1.165, 1.54) is 12.8 Å². The number of piperidine rings is 1. The van der Waals surface area contributed by atoms with Gasteiger partial charge in [-0.3, -0.25) is 14.9 Å². The van der Waals surface area contributed by atoms with E-state index in [-0.39, 0.29) is 6.04 Å². The molecule has 0 aliphatic carbocycles. The van der Waals surface area contributed by atoms with Gasteiger partial charge >= 0.3 is 0 Å². The molecule has 0 N–H and O–H groups in total. The summed E-state index contributed by atoms with van der Waals surface area (Å²) in [5.74, 6) is 1.45. The van der Waals surface area contributed by atoms with Crippen LogP contribution in [0, 0.1) is 20.8 Å². The van der Waals surface area contributed by atoms with Gasteiger partial charge in [0.1, 0.15) is 5.76 Å². The van der Waals surface area contributed by atoms with Gasteiger partial charge in [-0.15, -0.1) is 0 Å². The highest BCUT2D eigenvalue weighted by molar-refractivity contribution is 5.60. The van der Waals surface area contributed by atoms with Crippen molar-refractivity contribution in [1.29, 1.82) is 0 Å². The first-order chi connectivity index (χ1) is 13.1. The number of aromatic nitrogens is 5. The predicted octanol–water partition coefficient (Wildman–Crippen LogP) is 3.57. The average molecular weight is 364 g/mol. The SMILES string of the molecule is Cc1cc([C@@H]2CCCCN2Cc2cnccn2)nc(-c2c(C)noc2C)n1. The average Bonchev–Trinajstić information content (AvgIpc) is 3.01. The van der Waals surface area contributed by atoms with Gasteiger partial charge in [-0.05, 0) is 46.2 Å². The topological polar surface area (TPSA) is 80.8 Å². The Hall–Kier alpha value is -2.67. The van der Waals surface area contributed by atoms with Crippen LogP contribution in [0.15, 0.2) is 29.2 Å². The summed E-state index contributed by atoms with van der Waals surface area (Å²) in [5, 5.41) is 4.05. The molecule has 0 amide bonds. The quantitative estimate of drug-likeness (QED) is 0.700. The van der Waals surface area contributed by atoms with Crippen LogP contribution in [0.4, 0.5) is 0 Å². The van der Waals surface area contributed by atoms with Crippen molar-refractivity contribution in [3.63, 3.8) is 0 Å². The van der Waals surface area contributed by atoms with Crippen molar-refractivity contribution < 1.29 is 4.52 Å². The molecule has 3 aromatic heterocycles. The molecule has 1 aliphatic rings. The molecule has 0 bridgehead atoms. The van der Waals surface area contributed by atoms with Crippen molar-refractivity contribution in [2.24, 2.45) is 0 Å². The van der Waals surface area contributed by atoms with Gasteiger partial charge in [-0.25, -0.2) is 9.97 Å². The van der Waals surface area contributed by atoms with Gasteiger partial charge in [-0.2, -0.15) is 0 Å². The van der Waals surface area contributed by atoms with Gasteiger partial charge in [0.15, 0.2) is 5.82 Å². The fourth-order valence-corrected chi connectivity index (χ4v) is 3.81. The van der Waals surface area contributed by atoms with Crippen LogP contribution >= 0.6 is 0 Å². The lowest BCUT2D eigenvalue weighted by Crippen LogP contribution is -2.34. The molecule has 0 saturated carbocycles. The van der Waals surface area contributed by atoms with Crippen molar-refractivity contribution in [2.75, 3.05) is 6.54 Å². The van der Waals surface area contributed by atoms with E-state index >= 15 is 0 Å². The zero-order chi connectivity index (χ0) is 18.8. The molecule has 1 fully saturated rings. The first-order valence-corrected chi connectivity index (χ1v) is 9.39. The summed E-state index contributed by atoms with van der Waals surface area (Å²) in [7, 11) is 0. The summed E-state index contributed by atoms with van der Waals surface area (Å²) in [4.78, 5) is 20.7. The number of hydrogen-bond acceptors (Lipinski definition) is 7. The summed E-state index contributed by atoms with van der Waals surface area (Å²) in [6.45, 7) is 7.66. The Balaban J connectivity index is 1.68. The van der Waals surface area contributed by atoms with Gasteiger partial charge in [0.2, 0.25) is 0 Å². The van der Waals surface area contributed by atoms with E-state index < -0.39 is 0 Å². The minimum absolute atomic E-state index is 0.252. The van der Waals surface area contributed by atoms with Crippen LogP contribution in [-0.2, 0) is 6.54 Å². The van der Waals surface area contributed by atoms with Crippen LogP contribution in [-0.4, -0.2) is 36.5 Å². The van der Waals surface area contributed by atoms with Crippen molar-refractivity contribution in [1.82, 2.24) is 30.0 Å². The first-order valence-electron chi connectivity index (χ1n) is 9.39. The molecule has 0 aromatic carbocycles. The molecule has 4 heterocycles. The monoisotopic (exact) mass is 364 g/mol. The fourth-order valence-electron chi connectivity index (χ4n) is 3.81. The summed E-state index contributed by atoms with van der Waals surface area (Å²) >= 11 is 0. The van der Waals surface area contributed by atoms with Gasteiger partial charge < -0.3 is 4.52 Å². The third-order valence-corrected chi connectivity index (χ3v) is 5.07. The highest BCUT2D eigenvalue weighted by atomic mass is 16.5. The minimum atomic E-state index is 0.252. The van der Waals surface area contributed by atoms with Crippen molar-refractivity contribution in [2.45, 2.75) is 52.6 Å². The Morgan fingerprint density at radius 3 is 2.78 bits per heavy atom. The Morgan fingerprint density at radius 1 is 1.15 bits per heavy atom. The van der Waals surface area contributed by atoms with E-state index in [0.717, 1.165) is 53.6 Å². The highest BCUT2D eigenvalue weighted by Crippen LogP contribution is 2.33. The summed E-state index contributed by atoms with van der Waals surface area (Å²) in [6, 6.07) is 2.35. The zero-order valence-electron chi connectivity index (χ0n) is 16.0. The van der Waals surface area contributed by atoms with E-state index in [1.54, 1.807) is 12.4 Å². The number of hydrogen-bond donors (Lipinski definition) is 0. The largest absolute Gasteiger partial charge is 0.361 e. The lowest BCUT2D eigenvalue weighted by molar-refractivity contribution is 0.135. The Bertz CT molecular complexity index is 904. The molecule has 1 saturated heterocycles. The molecule has 140 valence electrons. The standard InChI is InChI=1S/C20H24N6O/c1-13-10-17(24-20(23-13)19-14(2)25-27-15(19)3)18-6-4-5-9-26(18)12-16-11-21-7-8-22-16/h7-8,10-11,18H,4-6,9,12H2,1-3H3/t18-/m0/s1. The van der Waals surface area contributed by atoms with Gasteiger partial charge in [0.05, 0.1) is 28.7 Å². The smallest absolute Gasteiger partial charge is 0.165 e. The number of rotatable bonds is 4. The van der Waals surface area contributed by atoms with Crippen LogP contribution in [0.1, 0.15) is 53.8 Å². The maximum atomic E-state index is 5.32. The lowest BCUT2D eigenvalue weighted by Gasteiger charge is -2.35. The summed E-state index contributed by atoms with van der Waals surface area (Å²) in [5.41, 5.74) is 4.72. The molecule has 1 atom stereocenters. The Morgan fingerprint density at radius 2 is 2.04 bits per heavy atom.